The maximum absolute atomic E-state index is 13.6. The Balaban J connectivity index is 2.23. The molecule has 0 saturated heterocycles. The van der Waals surface area contributed by atoms with Gasteiger partial charge in [0.2, 0.25) is 0 Å². The van der Waals surface area contributed by atoms with Gasteiger partial charge in [0.1, 0.15) is 5.82 Å². The number of nitrogens with zero attached hydrogens (tertiary/aromatic N) is 1. The van der Waals surface area contributed by atoms with Crippen LogP contribution in [0, 0.1) is 12.7 Å². The van der Waals surface area contributed by atoms with E-state index in [2.05, 4.69) is 52.8 Å². The molecule has 0 amide bonds. The summed E-state index contributed by atoms with van der Waals surface area (Å²) in [6.45, 7) is 10.5. The lowest BCUT2D eigenvalue weighted by Crippen LogP contribution is -2.12. The molecular weight excluding hydrogens is 393 g/mol. The molecule has 0 saturated carbocycles. The molecule has 158 valence electrons. The van der Waals surface area contributed by atoms with Crippen molar-refractivity contribution in [1.82, 2.24) is 4.98 Å². The van der Waals surface area contributed by atoms with Crippen molar-refractivity contribution in [1.29, 1.82) is 0 Å². The Morgan fingerprint density at radius 2 is 1.50 bits per heavy atom. The van der Waals surface area contributed by atoms with E-state index < -0.39 is 0 Å². The fourth-order valence-corrected chi connectivity index (χ4v) is 4.86. The van der Waals surface area contributed by atoms with Gasteiger partial charge in [-0.25, -0.2) is 4.39 Å². The molecule has 2 nitrogen and oxygen atoms in total. The molecule has 3 aromatic rings. The molecule has 0 atom stereocenters. The quantitative estimate of drug-likeness (QED) is 0.407. The van der Waals surface area contributed by atoms with Crippen molar-refractivity contribution in [2.24, 2.45) is 0 Å². The summed E-state index contributed by atoms with van der Waals surface area (Å²) in [5.74, 6) is 0.898. The lowest BCUT2D eigenvalue weighted by Gasteiger charge is -2.24. The third kappa shape index (κ3) is 4.76. The second-order valence-corrected chi connectivity index (χ2v) is 9.26. The van der Waals surface area contributed by atoms with Crippen molar-refractivity contribution in [3.63, 3.8) is 0 Å². The van der Waals surface area contributed by atoms with Crippen LogP contribution in [-0.2, 0) is 12.4 Å². The molecule has 2 aromatic carbocycles. The number of hydrogen-bond donors (Lipinski definition) is 1. The smallest absolute Gasteiger partial charge is 0.123 e. The molecule has 3 rings (SSSR count). The molecule has 4 heteroatoms. The van der Waals surface area contributed by atoms with Crippen molar-refractivity contribution >= 4 is 11.8 Å². The summed E-state index contributed by atoms with van der Waals surface area (Å²) in [4.78, 5) is 6.27. The van der Waals surface area contributed by atoms with E-state index in [1.165, 1.54) is 22.6 Å². The van der Waals surface area contributed by atoms with E-state index >= 15 is 0 Å². The average Bonchev–Trinajstić information content (AvgIpc) is 2.72. The van der Waals surface area contributed by atoms with Crippen molar-refractivity contribution < 1.29 is 9.50 Å². The van der Waals surface area contributed by atoms with Gasteiger partial charge in [-0.3, -0.25) is 4.98 Å². The lowest BCUT2D eigenvalue weighted by atomic mass is 9.88. The van der Waals surface area contributed by atoms with Crippen LogP contribution in [0.1, 0.15) is 67.6 Å². The predicted molar refractivity (Wildman–Crippen MR) is 124 cm³/mol. The number of rotatable bonds is 7. The molecule has 1 heterocycles. The maximum Gasteiger partial charge on any atom is 0.123 e. The van der Waals surface area contributed by atoms with Crippen molar-refractivity contribution in [3.8, 4) is 11.1 Å². The first-order valence-corrected chi connectivity index (χ1v) is 11.4. The largest absolute Gasteiger partial charge is 0.392 e. The van der Waals surface area contributed by atoms with E-state index in [1.54, 1.807) is 23.9 Å². The standard InChI is InChI=1S/C26H30FNOS/c1-16(2)25-21(14-29)24(19-10-12-20(27)13-11-19)22(26(28-25)17(3)4)15-30-23-9-7-6-8-18(23)5/h6-13,16-17,29H,14-15H2,1-5H3. The van der Waals surface area contributed by atoms with Gasteiger partial charge in [0.25, 0.3) is 0 Å². The van der Waals surface area contributed by atoms with Crippen LogP contribution in [0.25, 0.3) is 11.1 Å². The highest BCUT2D eigenvalue weighted by Crippen LogP contribution is 2.39. The molecule has 0 spiro atoms. The van der Waals surface area contributed by atoms with E-state index in [4.69, 9.17) is 4.98 Å². The molecule has 0 aliphatic heterocycles. The second-order valence-electron chi connectivity index (χ2n) is 8.24. The highest BCUT2D eigenvalue weighted by Gasteiger charge is 2.23. The van der Waals surface area contributed by atoms with Gasteiger partial charge in [0.15, 0.2) is 0 Å². The van der Waals surface area contributed by atoms with Crippen LogP contribution in [-0.4, -0.2) is 10.1 Å². The molecule has 1 aromatic heterocycles. The van der Waals surface area contributed by atoms with Crippen LogP contribution < -0.4 is 0 Å². The SMILES string of the molecule is Cc1ccccc1SCc1c(C(C)C)nc(C(C)C)c(CO)c1-c1ccc(F)cc1. The fraction of sp³-hybridized carbons (Fsp3) is 0.346. The number of benzene rings is 2. The zero-order valence-electron chi connectivity index (χ0n) is 18.4. The normalized spacial score (nSPS) is 11.5. The van der Waals surface area contributed by atoms with Gasteiger partial charge in [-0.1, -0.05) is 58.0 Å². The number of aryl methyl sites for hydroxylation is 1. The Kier molecular flexibility index (Phi) is 7.32. The van der Waals surface area contributed by atoms with Crippen molar-refractivity contribution in [3.05, 3.63) is 82.4 Å². The van der Waals surface area contributed by atoms with E-state index in [9.17, 15) is 9.50 Å². The number of aliphatic hydroxyl groups is 1. The fourth-order valence-electron chi connectivity index (χ4n) is 3.80. The van der Waals surface area contributed by atoms with Gasteiger partial charge in [-0.2, -0.15) is 0 Å². The summed E-state index contributed by atoms with van der Waals surface area (Å²) in [5, 5.41) is 10.3. The molecule has 30 heavy (non-hydrogen) atoms. The van der Waals surface area contributed by atoms with Gasteiger partial charge in [-0.15, -0.1) is 11.8 Å². The first-order chi connectivity index (χ1) is 14.3. The molecular formula is C26H30FNOS. The minimum atomic E-state index is -0.262. The molecule has 0 fully saturated rings. The Hall–Kier alpha value is -2.17. The summed E-state index contributed by atoms with van der Waals surface area (Å²) in [7, 11) is 0. The average molecular weight is 424 g/mol. The topological polar surface area (TPSA) is 33.1 Å². The number of pyridine rings is 1. The zero-order valence-corrected chi connectivity index (χ0v) is 19.2. The first-order valence-electron chi connectivity index (χ1n) is 10.4. The highest BCUT2D eigenvalue weighted by molar-refractivity contribution is 7.98. The summed E-state index contributed by atoms with van der Waals surface area (Å²) < 4.78 is 13.6. The third-order valence-corrected chi connectivity index (χ3v) is 6.52. The number of thioether (sulfide) groups is 1. The summed E-state index contributed by atoms with van der Waals surface area (Å²) in [6, 6.07) is 14.9. The molecule has 0 aliphatic rings. The molecule has 0 aliphatic carbocycles. The van der Waals surface area contributed by atoms with E-state index in [0.29, 0.717) is 0 Å². The minimum absolute atomic E-state index is 0.0897. The number of hydrogen-bond acceptors (Lipinski definition) is 3. The van der Waals surface area contributed by atoms with Crippen LogP contribution in [0.3, 0.4) is 0 Å². The number of aromatic nitrogens is 1. The van der Waals surface area contributed by atoms with Gasteiger partial charge < -0.3 is 5.11 Å². The summed E-state index contributed by atoms with van der Waals surface area (Å²) in [5.41, 5.74) is 7.11. The van der Waals surface area contributed by atoms with Crippen LogP contribution in [0.15, 0.2) is 53.4 Å². The van der Waals surface area contributed by atoms with Gasteiger partial charge in [-0.05, 0) is 59.2 Å². The Bertz CT molecular complexity index is 1010. The summed E-state index contributed by atoms with van der Waals surface area (Å²) >= 11 is 1.78. The van der Waals surface area contributed by atoms with Gasteiger partial charge in [0, 0.05) is 27.6 Å². The minimum Gasteiger partial charge on any atom is -0.392 e. The van der Waals surface area contributed by atoms with Crippen molar-refractivity contribution in [2.45, 2.75) is 63.7 Å². The monoisotopic (exact) mass is 423 g/mol. The molecule has 0 radical (unpaired) electrons. The number of halogens is 1. The van der Waals surface area contributed by atoms with Crippen LogP contribution in [0.2, 0.25) is 0 Å². The highest BCUT2D eigenvalue weighted by atomic mass is 32.2. The predicted octanol–water partition coefficient (Wildman–Crippen LogP) is 7.23. The summed E-state index contributed by atoms with van der Waals surface area (Å²) in [6.07, 6.45) is 0. The van der Waals surface area contributed by atoms with Gasteiger partial charge >= 0.3 is 0 Å². The zero-order chi connectivity index (χ0) is 21.8. The molecule has 0 bridgehead atoms. The Morgan fingerprint density at radius 1 is 0.900 bits per heavy atom. The Labute approximate surface area is 183 Å². The van der Waals surface area contributed by atoms with Crippen LogP contribution >= 0.6 is 11.8 Å². The van der Waals surface area contributed by atoms with E-state index in [-0.39, 0.29) is 24.3 Å². The van der Waals surface area contributed by atoms with Crippen LogP contribution in [0.5, 0.6) is 0 Å². The van der Waals surface area contributed by atoms with E-state index in [1.807, 2.05) is 6.07 Å². The second kappa shape index (κ2) is 9.76. The lowest BCUT2D eigenvalue weighted by molar-refractivity contribution is 0.279. The van der Waals surface area contributed by atoms with E-state index in [0.717, 1.165) is 39.4 Å². The molecule has 1 N–H and O–H groups in total. The number of aliphatic hydroxyl groups excluding tert-OH is 1. The van der Waals surface area contributed by atoms with Crippen molar-refractivity contribution in [2.75, 3.05) is 0 Å². The Morgan fingerprint density at radius 3 is 2.07 bits per heavy atom. The maximum atomic E-state index is 13.6. The molecule has 0 unspecified atom stereocenters. The third-order valence-electron chi connectivity index (χ3n) is 5.31. The van der Waals surface area contributed by atoms with Crippen LogP contribution in [0.4, 0.5) is 4.39 Å². The first kappa shape index (κ1) is 22.5. The van der Waals surface area contributed by atoms with Gasteiger partial charge in [0.05, 0.1) is 6.61 Å².